The van der Waals surface area contributed by atoms with Crippen LogP contribution in [-0.4, -0.2) is 22.5 Å². The fraction of sp³-hybridized carbons (Fsp3) is 0.348. The molecule has 0 saturated carbocycles. The molecular formula is C23H29N3O2S. The zero-order chi connectivity index (χ0) is 20.9. The molecule has 2 aromatic carbocycles. The van der Waals surface area contributed by atoms with Gasteiger partial charge in [-0.3, -0.25) is 4.68 Å². The fourth-order valence-electron chi connectivity index (χ4n) is 3.23. The Kier molecular flexibility index (Phi) is 6.87. The summed E-state index contributed by atoms with van der Waals surface area (Å²) >= 11 is 0. The quantitative estimate of drug-likeness (QED) is 0.508. The van der Waals surface area contributed by atoms with Crippen LogP contribution in [0.15, 0.2) is 71.9 Å². The highest BCUT2D eigenvalue weighted by atomic mass is 32.2. The Morgan fingerprint density at radius 3 is 2.21 bits per heavy atom. The van der Waals surface area contributed by atoms with Crippen molar-refractivity contribution in [3.63, 3.8) is 0 Å². The molecule has 3 aromatic rings. The predicted molar refractivity (Wildman–Crippen MR) is 116 cm³/mol. The van der Waals surface area contributed by atoms with E-state index in [1.807, 2.05) is 60.3 Å². The first kappa shape index (κ1) is 21.3. The average Bonchev–Trinajstić information content (AvgIpc) is 3.21. The summed E-state index contributed by atoms with van der Waals surface area (Å²) in [5, 5.41) is 4.29. The summed E-state index contributed by atoms with van der Waals surface area (Å²) in [6.07, 6.45) is 4.66. The summed E-state index contributed by atoms with van der Waals surface area (Å²) in [6.45, 7) is 7.64. The summed E-state index contributed by atoms with van der Waals surface area (Å²) in [5.74, 6) is 0.409. The second-order valence-corrected chi connectivity index (χ2v) is 9.28. The van der Waals surface area contributed by atoms with Gasteiger partial charge in [0.15, 0.2) is 0 Å². The van der Waals surface area contributed by atoms with Crippen LogP contribution in [0.25, 0.3) is 0 Å². The number of rotatable bonds is 9. The van der Waals surface area contributed by atoms with Gasteiger partial charge in [-0.1, -0.05) is 56.3 Å². The number of hydrogen-bond acceptors (Lipinski definition) is 3. The monoisotopic (exact) mass is 411 g/mol. The van der Waals surface area contributed by atoms with Crippen molar-refractivity contribution in [1.82, 2.24) is 14.1 Å². The highest BCUT2D eigenvalue weighted by molar-refractivity contribution is 7.89. The maximum absolute atomic E-state index is 13.5. The molecule has 1 heterocycles. The lowest BCUT2D eigenvalue weighted by Gasteiger charge is -2.22. The van der Waals surface area contributed by atoms with Crippen LogP contribution in [0, 0.1) is 0 Å². The van der Waals surface area contributed by atoms with Crippen LogP contribution < -0.4 is 0 Å². The molecular weight excluding hydrogens is 382 g/mol. The van der Waals surface area contributed by atoms with Crippen LogP contribution in [0.4, 0.5) is 0 Å². The molecule has 1 aromatic heterocycles. The highest BCUT2D eigenvalue weighted by Gasteiger charge is 2.25. The van der Waals surface area contributed by atoms with Crippen LogP contribution in [-0.2, 0) is 29.7 Å². The van der Waals surface area contributed by atoms with Crippen molar-refractivity contribution >= 4 is 10.0 Å². The van der Waals surface area contributed by atoms with Crippen molar-refractivity contribution < 1.29 is 8.42 Å². The average molecular weight is 412 g/mol. The molecule has 29 heavy (non-hydrogen) atoms. The number of nitrogens with zero attached hydrogens (tertiary/aromatic N) is 3. The first-order chi connectivity index (χ1) is 13.9. The summed E-state index contributed by atoms with van der Waals surface area (Å²) in [4.78, 5) is 0.323. The molecule has 0 spiro atoms. The van der Waals surface area contributed by atoms with E-state index in [4.69, 9.17) is 0 Å². The number of aryl methyl sites for hydroxylation is 1. The maximum Gasteiger partial charge on any atom is 0.243 e. The van der Waals surface area contributed by atoms with E-state index in [-0.39, 0.29) is 6.54 Å². The van der Waals surface area contributed by atoms with Gasteiger partial charge in [-0.2, -0.15) is 9.40 Å². The first-order valence-electron chi connectivity index (χ1n) is 10.1. The maximum atomic E-state index is 13.5. The van der Waals surface area contributed by atoms with Crippen molar-refractivity contribution in [3.8, 4) is 0 Å². The van der Waals surface area contributed by atoms with Gasteiger partial charge < -0.3 is 0 Å². The zero-order valence-electron chi connectivity index (χ0n) is 17.3. The van der Waals surface area contributed by atoms with Crippen molar-refractivity contribution in [2.24, 2.45) is 0 Å². The van der Waals surface area contributed by atoms with E-state index in [1.165, 1.54) is 4.31 Å². The molecule has 5 nitrogen and oxygen atoms in total. The van der Waals surface area contributed by atoms with Crippen molar-refractivity contribution in [2.45, 2.75) is 57.6 Å². The SMILES string of the molecule is CCC(C)c1ccc(S(=O)(=O)N(Cc2ccccc2)Cc2cnn(CC)c2)cc1. The smallest absolute Gasteiger partial charge is 0.243 e. The van der Waals surface area contributed by atoms with Crippen LogP contribution in [0.3, 0.4) is 0 Å². The van der Waals surface area contributed by atoms with Crippen LogP contribution >= 0.6 is 0 Å². The summed E-state index contributed by atoms with van der Waals surface area (Å²) in [6, 6.07) is 17.0. The molecule has 6 heteroatoms. The third kappa shape index (κ3) is 5.14. The molecule has 0 saturated heterocycles. The molecule has 0 aliphatic rings. The van der Waals surface area contributed by atoms with Crippen molar-refractivity contribution in [1.29, 1.82) is 0 Å². The van der Waals surface area contributed by atoms with E-state index in [0.29, 0.717) is 17.4 Å². The molecule has 0 amide bonds. The van der Waals surface area contributed by atoms with Gasteiger partial charge in [0.05, 0.1) is 11.1 Å². The number of sulfonamides is 1. The molecule has 0 bridgehead atoms. The van der Waals surface area contributed by atoms with Gasteiger partial charge in [0.25, 0.3) is 0 Å². The lowest BCUT2D eigenvalue weighted by atomic mass is 9.99. The minimum Gasteiger partial charge on any atom is -0.273 e. The normalized spacial score (nSPS) is 13.0. The Hall–Kier alpha value is -2.44. The highest BCUT2D eigenvalue weighted by Crippen LogP contribution is 2.24. The van der Waals surface area contributed by atoms with Gasteiger partial charge >= 0.3 is 0 Å². The van der Waals surface area contributed by atoms with Gasteiger partial charge in [0.2, 0.25) is 10.0 Å². The van der Waals surface area contributed by atoms with Crippen molar-refractivity contribution in [2.75, 3.05) is 0 Å². The Balaban J connectivity index is 1.92. The molecule has 3 rings (SSSR count). The van der Waals surface area contributed by atoms with Crippen LogP contribution in [0.1, 0.15) is 49.8 Å². The Bertz CT molecular complexity index is 1010. The molecule has 0 N–H and O–H groups in total. The third-order valence-corrected chi connectivity index (χ3v) is 7.08. The van der Waals surface area contributed by atoms with E-state index in [1.54, 1.807) is 18.3 Å². The van der Waals surface area contributed by atoms with Gasteiger partial charge in [0, 0.05) is 31.4 Å². The number of benzene rings is 2. The van der Waals surface area contributed by atoms with Crippen molar-refractivity contribution in [3.05, 3.63) is 83.7 Å². The molecule has 0 radical (unpaired) electrons. The Morgan fingerprint density at radius 2 is 1.62 bits per heavy atom. The first-order valence-corrected chi connectivity index (χ1v) is 11.5. The minimum absolute atomic E-state index is 0.282. The number of hydrogen-bond donors (Lipinski definition) is 0. The Morgan fingerprint density at radius 1 is 0.966 bits per heavy atom. The van der Waals surface area contributed by atoms with Crippen LogP contribution in [0.2, 0.25) is 0 Å². The lowest BCUT2D eigenvalue weighted by molar-refractivity contribution is 0.401. The topological polar surface area (TPSA) is 55.2 Å². The second kappa shape index (κ2) is 9.37. The fourth-order valence-corrected chi connectivity index (χ4v) is 4.65. The predicted octanol–water partition coefficient (Wildman–Crippen LogP) is 4.81. The van der Waals surface area contributed by atoms with Crippen LogP contribution in [0.5, 0.6) is 0 Å². The summed E-state index contributed by atoms with van der Waals surface area (Å²) < 4.78 is 30.3. The molecule has 0 aliphatic carbocycles. The Labute approximate surface area is 174 Å². The third-order valence-electron chi connectivity index (χ3n) is 5.27. The standard InChI is InChI=1S/C23H29N3O2S/c1-4-19(3)22-11-13-23(14-12-22)29(27,28)26(17-20-9-7-6-8-10-20)18-21-15-24-25(5-2)16-21/h6-16,19H,4-5,17-18H2,1-3H3. The van der Waals surface area contributed by atoms with E-state index in [0.717, 1.165) is 29.7 Å². The van der Waals surface area contributed by atoms with Gasteiger partial charge in [-0.25, -0.2) is 8.42 Å². The summed E-state index contributed by atoms with van der Waals surface area (Å²) in [7, 11) is -3.65. The van der Waals surface area contributed by atoms with E-state index < -0.39 is 10.0 Å². The summed E-state index contributed by atoms with van der Waals surface area (Å²) in [5.41, 5.74) is 2.99. The van der Waals surface area contributed by atoms with Gasteiger partial charge in [-0.05, 0) is 42.5 Å². The molecule has 1 atom stereocenters. The second-order valence-electron chi connectivity index (χ2n) is 7.34. The number of aromatic nitrogens is 2. The van der Waals surface area contributed by atoms with E-state index >= 15 is 0 Å². The van der Waals surface area contributed by atoms with E-state index in [9.17, 15) is 8.42 Å². The minimum atomic E-state index is -3.65. The lowest BCUT2D eigenvalue weighted by Crippen LogP contribution is -2.30. The molecule has 0 fully saturated rings. The van der Waals surface area contributed by atoms with E-state index in [2.05, 4.69) is 18.9 Å². The van der Waals surface area contributed by atoms with Gasteiger partial charge in [-0.15, -0.1) is 0 Å². The molecule has 1 unspecified atom stereocenters. The molecule has 0 aliphatic heterocycles. The zero-order valence-corrected chi connectivity index (χ0v) is 18.1. The van der Waals surface area contributed by atoms with Gasteiger partial charge in [0.1, 0.15) is 0 Å². The largest absolute Gasteiger partial charge is 0.273 e. The molecule has 154 valence electrons.